The molecule has 29 heavy (non-hydrogen) atoms. The Labute approximate surface area is 172 Å². The third kappa shape index (κ3) is 4.65. The largest absolute Gasteiger partial charge is 0.493 e. The average molecular weight is 456 g/mol. The Morgan fingerprint density at radius 1 is 0.966 bits per heavy atom. The molecule has 0 aliphatic heterocycles. The van der Waals surface area contributed by atoms with Crippen LogP contribution in [0.2, 0.25) is 10.0 Å². The Kier molecular flexibility index (Phi) is 5.73. The van der Waals surface area contributed by atoms with Crippen molar-refractivity contribution < 1.29 is 13.5 Å². The van der Waals surface area contributed by atoms with Crippen LogP contribution >= 0.6 is 23.2 Å². The first kappa shape index (κ1) is 20.6. The van der Waals surface area contributed by atoms with Gasteiger partial charge < -0.3 is 5.11 Å². The summed E-state index contributed by atoms with van der Waals surface area (Å²) >= 11 is 12.0. The number of benzene rings is 2. The highest BCUT2D eigenvalue weighted by atomic mass is 35.5. The fraction of sp³-hybridized carbons (Fsp3) is 0. The lowest BCUT2D eigenvalue weighted by Gasteiger charge is -2.11. The van der Waals surface area contributed by atoms with Crippen LogP contribution in [-0.2, 0) is 10.0 Å². The predicted molar refractivity (Wildman–Crippen MR) is 107 cm³/mol. The number of hydrogen-bond acceptors (Lipinski definition) is 7. The summed E-state index contributed by atoms with van der Waals surface area (Å²) in [7, 11) is -4.13. The molecule has 3 rings (SSSR count). The maximum Gasteiger partial charge on any atom is 0.328 e. The third-order valence-electron chi connectivity index (χ3n) is 3.49. The van der Waals surface area contributed by atoms with Crippen LogP contribution in [0.1, 0.15) is 0 Å². The van der Waals surface area contributed by atoms with E-state index in [-0.39, 0.29) is 26.3 Å². The summed E-state index contributed by atoms with van der Waals surface area (Å²) < 4.78 is 27.7. The standard InChI is InChI=1S/C16H11Cl2N5O5S/c17-9-3-1-2-4-11(9)23-29(27,28)12-7-8(5-6-10(12)18)21-22-13-14(24)19-16(26)20-15(13)25/h1-7,23H,(H3,19,20,24,25,26). The lowest BCUT2D eigenvalue weighted by atomic mass is 10.3. The molecule has 0 aliphatic carbocycles. The highest BCUT2D eigenvalue weighted by Gasteiger charge is 2.20. The molecular weight excluding hydrogens is 445 g/mol. The molecule has 0 amide bonds. The first-order valence-corrected chi connectivity index (χ1v) is 9.95. The van der Waals surface area contributed by atoms with Crippen LogP contribution in [0.3, 0.4) is 0 Å². The molecule has 13 heteroatoms. The van der Waals surface area contributed by atoms with E-state index in [0.717, 1.165) is 6.07 Å². The van der Waals surface area contributed by atoms with E-state index in [1.807, 2.05) is 9.97 Å². The highest BCUT2D eigenvalue weighted by molar-refractivity contribution is 7.92. The van der Waals surface area contributed by atoms with E-state index < -0.39 is 32.8 Å². The van der Waals surface area contributed by atoms with Gasteiger partial charge in [-0.15, -0.1) is 5.11 Å². The number of anilines is 1. The normalized spacial score (nSPS) is 11.7. The second-order valence-corrected chi connectivity index (χ2v) is 7.97. The molecule has 1 aromatic heterocycles. The van der Waals surface area contributed by atoms with Crippen molar-refractivity contribution in [3.8, 4) is 5.88 Å². The van der Waals surface area contributed by atoms with E-state index in [9.17, 15) is 23.1 Å². The summed E-state index contributed by atoms with van der Waals surface area (Å²) in [6, 6.07) is 9.96. The minimum atomic E-state index is -4.13. The molecule has 0 aliphatic rings. The van der Waals surface area contributed by atoms with Gasteiger partial charge in [0.15, 0.2) is 0 Å². The molecule has 0 saturated carbocycles. The van der Waals surface area contributed by atoms with Crippen LogP contribution in [0.4, 0.5) is 17.1 Å². The number of azo groups is 1. The van der Waals surface area contributed by atoms with Gasteiger partial charge in [0.2, 0.25) is 11.6 Å². The van der Waals surface area contributed by atoms with Crippen molar-refractivity contribution in [1.29, 1.82) is 0 Å². The topological polar surface area (TPSA) is 157 Å². The summed E-state index contributed by atoms with van der Waals surface area (Å²) in [6.07, 6.45) is 0. The van der Waals surface area contributed by atoms with E-state index in [4.69, 9.17) is 23.2 Å². The SMILES string of the molecule is O=c1[nH]c(O)c(N=Nc2ccc(Cl)c(S(=O)(=O)Nc3ccccc3Cl)c2)c(=O)[nH]1. The molecule has 0 bridgehead atoms. The van der Waals surface area contributed by atoms with Gasteiger partial charge in [0.25, 0.3) is 15.6 Å². The number of aromatic hydroxyl groups is 1. The number of sulfonamides is 1. The molecule has 0 saturated heterocycles. The number of rotatable bonds is 5. The van der Waals surface area contributed by atoms with Crippen LogP contribution in [0.25, 0.3) is 0 Å². The number of aromatic nitrogens is 2. The average Bonchev–Trinajstić information content (AvgIpc) is 2.63. The van der Waals surface area contributed by atoms with Gasteiger partial charge in [0.1, 0.15) is 4.90 Å². The van der Waals surface area contributed by atoms with Crippen LogP contribution in [0, 0.1) is 0 Å². The fourth-order valence-corrected chi connectivity index (χ4v) is 4.01. The van der Waals surface area contributed by atoms with Gasteiger partial charge in [0, 0.05) is 0 Å². The Balaban J connectivity index is 1.97. The Morgan fingerprint density at radius 2 is 1.69 bits per heavy atom. The maximum absolute atomic E-state index is 12.7. The lowest BCUT2D eigenvalue weighted by Crippen LogP contribution is -2.20. The number of aromatic amines is 2. The Hall–Kier alpha value is -3.15. The number of nitrogens with zero attached hydrogens (tertiary/aromatic N) is 2. The molecule has 1 heterocycles. The zero-order valence-corrected chi connectivity index (χ0v) is 16.5. The van der Waals surface area contributed by atoms with Gasteiger partial charge in [-0.1, -0.05) is 35.3 Å². The number of para-hydroxylation sites is 1. The van der Waals surface area contributed by atoms with Crippen LogP contribution in [-0.4, -0.2) is 23.5 Å². The van der Waals surface area contributed by atoms with Gasteiger partial charge in [-0.25, -0.2) is 13.2 Å². The quantitative estimate of drug-likeness (QED) is 0.434. The molecule has 4 N–H and O–H groups in total. The van der Waals surface area contributed by atoms with Gasteiger partial charge in [-0.3, -0.25) is 19.5 Å². The fourth-order valence-electron chi connectivity index (χ4n) is 2.17. The van der Waals surface area contributed by atoms with E-state index in [2.05, 4.69) is 15.0 Å². The van der Waals surface area contributed by atoms with Gasteiger partial charge in [-0.05, 0) is 30.3 Å². The first-order chi connectivity index (χ1) is 13.7. The molecule has 3 aromatic rings. The van der Waals surface area contributed by atoms with E-state index in [1.165, 1.54) is 24.3 Å². The van der Waals surface area contributed by atoms with E-state index in [0.29, 0.717) is 0 Å². The zero-order valence-electron chi connectivity index (χ0n) is 14.2. The van der Waals surface area contributed by atoms with Crippen LogP contribution < -0.4 is 16.0 Å². The molecule has 0 fully saturated rings. The number of hydrogen-bond donors (Lipinski definition) is 4. The number of halogens is 2. The molecular formula is C16H11Cl2N5O5S. The molecule has 0 radical (unpaired) electrons. The second kappa shape index (κ2) is 8.07. The number of H-pyrrole nitrogens is 2. The Morgan fingerprint density at radius 3 is 2.38 bits per heavy atom. The summed E-state index contributed by atoms with van der Waals surface area (Å²) in [4.78, 5) is 26.2. The van der Waals surface area contributed by atoms with Gasteiger partial charge in [-0.2, -0.15) is 5.11 Å². The van der Waals surface area contributed by atoms with E-state index >= 15 is 0 Å². The summed E-state index contributed by atoms with van der Waals surface area (Å²) in [6.45, 7) is 0. The van der Waals surface area contributed by atoms with Crippen molar-refractivity contribution >= 4 is 50.3 Å². The Bertz CT molecular complexity index is 1330. The first-order valence-electron chi connectivity index (χ1n) is 7.71. The van der Waals surface area contributed by atoms with Gasteiger partial charge >= 0.3 is 5.69 Å². The zero-order chi connectivity index (χ0) is 21.2. The molecule has 150 valence electrons. The number of nitrogens with one attached hydrogen (secondary N) is 3. The summed E-state index contributed by atoms with van der Waals surface area (Å²) in [5, 5.41) is 17.0. The van der Waals surface area contributed by atoms with Crippen molar-refractivity contribution in [3.05, 3.63) is 73.3 Å². The maximum atomic E-state index is 12.7. The smallest absolute Gasteiger partial charge is 0.328 e. The molecule has 10 nitrogen and oxygen atoms in total. The van der Waals surface area contributed by atoms with Crippen molar-refractivity contribution in [1.82, 2.24) is 9.97 Å². The van der Waals surface area contributed by atoms with Crippen LogP contribution in [0.15, 0.2) is 67.2 Å². The molecule has 0 spiro atoms. The van der Waals surface area contributed by atoms with Gasteiger partial charge in [0.05, 0.1) is 21.4 Å². The predicted octanol–water partition coefficient (Wildman–Crippen LogP) is 3.29. The lowest BCUT2D eigenvalue weighted by molar-refractivity contribution is 0.450. The van der Waals surface area contributed by atoms with Crippen molar-refractivity contribution in [2.75, 3.05) is 4.72 Å². The summed E-state index contributed by atoms with van der Waals surface area (Å²) in [5.41, 5.74) is -2.28. The van der Waals surface area contributed by atoms with Crippen molar-refractivity contribution in [2.24, 2.45) is 10.2 Å². The highest BCUT2D eigenvalue weighted by Crippen LogP contribution is 2.31. The summed E-state index contributed by atoms with van der Waals surface area (Å²) in [5.74, 6) is -0.787. The van der Waals surface area contributed by atoms with Crippen molar-refractivity contribution in [3.63, 3.8) is 0 Å². The molecule has 0 unspecified atom stereocenters. The minimum absolute atomic E-state index is 0.0129. The minimum Gasteiger partial charge on any atom is -0.493 e. The second-order valence-electron chi connectivity index (χ2n) is 5.51. The molecule has 2 aromatic carbocycles. The molecule has 0 atom stereocenters. The van der Waals surface area contributed by atoms with E-state index in [1.54, 1.807) is 12.1 Å². The monoisotopic (exact) mass is 455 g/mol. The van der Waals surface area contributed by atoms with Crippen LogP contribution in [0.5, 0.6) is 5.88 Å². The third-order valence-corrected chi connectivity index (χ3v) is 5.66. The van der Waals surface area contributed by atoms with Crippen molar-refractivity contribution in [2.45, 2.75) is 4.90 Å².